The number of ether oxygens (including phenoxy) is 1. The zero-order valence-electron chi connectivity index (χ0n) is 9.01. The molecule has 2 aromatic rings. The number of hydrogen-bond acceptors (Lipinski definition) is 5. The lowest BCUT2D eigenvalue weighted by atomic mass is 10.3. The average Bonchev–Trinajstić information content (AvgIpc) is 2.73. The van der Waals surface area contributed by atoms with Gasteiger partial charge in [0.1, 0.15) is 12.3 Å². The van der Waals surface area contributed by atoms with Crippen LogP contribution in [-0.2, 0) is 11.3 Å². The molecule has 0 aliphatic rings. The molecule has 2 rings (SSSR count). The molecule has 0 N–H and O–H groups in total. The zero-order chi connectivity index (χ0) is 12.3. The molecule has 0 unspecified atom stereocenters. The molecular formula is C11H9ClN2O2S. The van der Waals surface area contributed by atoms with Gasteiger partial charge in [-0.3, -0.25) is 0 Å². The van der Waals surface area contributed by atoms with Crippen LogP contribution < -0.4 is 0 Å². The third kappa shape index (κ3) is 3.25. The molecule has 0 fully saturated rings. The molecule has 0 aromatic carbocycles. The number of esters is 1. The summed E-state index contributed by atoms with van der Waals surface area (Å²) < 4.78 is 5.09. The summed E-state index contributed by atoms with van der Waals surface area (Å²) in [5.41, 5.74) is 0.246. The molecule has 0 atom stereocenters. The summed E-state index contributed by atoms with van der Waals surface area (Å²) in [4.78, 5) is 20.4. The molecule has 0 bridgehead atoms. The minimum absolute atomic E-state index is 0.217. The van der Waals surface area contributed by atoms with Crippen molar-refractivity contribution in [2.45, 2.75) is 13.5 Å². The molecule has 17 heavy (non-hydrogen) atoms. The van der Waals surface area contributed by atoms with E-state index in [1.165, 1.54) is 23.6 Å². The highest BCUT2D eigenvalue weighted by Gasteiger charge is 2.09. The van der Waals surface area contributed by atoms with Crippen molar-refractivity contribution in [2.24, 2.45) is 0 Å². The van der Waals surface area contributed by atoms with E-state index in [2.05, 4.69) is 9.97 Å². The Hall–Kier alpha value is -1.46. The molecular weight excluding hydrogens is 260 g/mol. The lowest BCUT2D eigenvalue weighted by molar-refractivity contribution is 0.0469. The topological polar surface area (TPSA) is 52.1 Å². The second-order valence-electron chi connectivity index (χ2n) is 3.28. The van der Waals surface area contributed by atoms with Crippen molar-refractivity contribution in [2.75, 3.05) is 0 Å². The minimum atomic E-state index is -0.465. The highest BCUT2D eigenvalue weighted by Crippen LogP contribution is 2.13. The van der Waals surface area contributed by atoms with E-state index in [1.54, 1.807) is 12.3 Å². The predicted octanol–water partition coefficient (Wildman–Crippen LogP) is 2.86. The number of rotatable bonds is 3. The number of halogens is 1. The van der Waals surface area contributed by atoms with E-state index < -0.39 is 5.97 Å². The summed E-state index contributed by atoms with van der Waals surface area (Å²) in [6.45, 7) is 2.12. The van der Waals surface area contributed by atoms with Gasteiger partial charge in [-0.05, 0) is 19.1 Å². The Balaban J connectivity index is 1.95. The molecule has 0 saturated carbocycles. The maximum Gasteiger partial charge on any atom is 0.357 e. The standard InChI is InChI=1S/C11H9ClN2O2S/c1-7-13-5-9(17-7)6-16-11(15)10-3-2-8(12)4-14-10/h2-5H,6H2,1H3. The zero-order valence-corrected chi connectivity index (χ0v) is 10.6. The van der Waals surface area contributed by atoms with Gasteiger partial charge in [0.2, 0.25) is 0 Å². The summed E-state index contributed by atoms with van der Waals surface area (Å²) in [7, 11) is 0. The highest BCUT2D eigenvalue weighted by atomic mass is 35.5. The van der Waals surface area contributed by atoms with Crippen molar-refractivity contribution in [1.82, 2.24) is 9.97 Å². The van der Waals surface area contributed by atoms with Crippen LogP contribution in [0.15, 0.2) is 24.5 Å². The first-order valence-electron chi connectivity index (χ1n) is 4.85. The van der Waals surface area contributed by atoms with Crippen LogP contribution in [0.4, 0.5) is 0 Å². The van der Waals surface area contributed by atoms with E-state index in [0.29, 0.717) is 5.02 Å². The predicted molar refractivity (Wildman–Crippen MR) is 65.2 cm³/mol. The number of aromatic nitrogens is 2. The number of thiazole rings is 1. The first-order chi connectivity index (χ1) is 8.15. The third-order valence-corrected chi connectivity index (χ3v) is 3.06. The molecule has 88 valence electrons. The van der Waals surface area contributed by atoms with Gasteiger partial charge >= 0.3 is 5.97 Å². The maximum absolute atomic E-state index is 11.6. The molecule has 0 saturated heterocycles. The fraction of sp³-hybridized carbons (Fsp3) is 0.182. The van der Waals surface area contributed by atoms with Crippen LogP contribution in [0.1, 0.15) is 20.4 Å². The molecule has 0 spiro atoms. The summed E-state index contributed by atoms with van der Waals surface area (Å²) in [5, 5.41) is 1.43. The molecule has 2 heterocycles. The number of hydrogen-bond donors (Lipinski definition) is 0. The van der Waals surface area contributed by atoms with Gasteiger partial charge in [-0.1, -0.05) is 11.6 Å². The Morgan fingerprint density at radius 3 is 2.82 bits per heavy atom. The Bertz CT molecular complexity index is 525. The fourth-order valence-electron chi connectivity index (χ4n) is 1.18. The Morgan fingerprint density at radius 2 is 2.24 bits per heavy atom. The quantitative estimate of drug-likeness (QED) is 0.803. The first-order valence-corrected chi connectivity index (χ1v) is 6.04. The van der Waals surface area contributed by atoms with Crippen LogP contribution in [-0.4, -0.2) is 15.9 Å². The highest BCUT2D eigenvalue weighted by molar-refractivity contribution is 7.11. The molecule has 2 aromatic heterocycles. The van der Waals surface area contributed by atoms with E-state index in [-0.39, 0.29) is 12.3 Å². The number of carbonyl (C=O) groups is 1. The van der Waals surface area contributed by atoms with Crippen LogP contribution in [0.2, 0.25) is 5.02 Å². The van der Waals surface area contributed by atoms with Crippen LogP contribution in [0, 0.1) is 6.92 Å². The first kappa shape index (κ1) is 12.0. The Kier molecular flexibility index (Phi) is 3.71. The van der Waals surface area contributed by atoms with E-state index in [9.17, 15) is 4.79 Å². The van der Waals surface area contributed by atoms with Crippen molar-refractivity contribution in [3.63, 3.8) is 0 Å². The lowest BCUT2D eigenvalue weighted by Gasteiger charge is -2.01. The van der Waals surface area contributed by atoms with Crippen molar-refractivity contribution in [1.29, 1.82) is 0 Å². The van der Waals surface area contributed by atoms with E-state index in [0.717, 1.165) is 9.88 Å². The largest absolute Gasteiger partial charge is 0.455 e. The number of pyridine rings is 1. The fourth-order valence-corrected chi connectivity index (χ4v) is 2.00. The Morgan fingerprint density at radius 1 is 1.41 bits per heavy atom. The van der Waals surface area contributed by atoms with Gasteiger partial charge in [0.15, 0.2) is 0 Å². The lowest BCUT2D eigenvalue weighted by Crippen LogP contribution is -2.06. The number of carbonyl (C=O) groups excluding carboxylic acids is 1. The molecule has 0 radical (unpaired) electrons. The van der Waals surface area contributed by atoms with E-state index >= 15 is 0 Å². The summed E-state index contributed by atoms with van der Waals surface area (Å²) in [6, 6.07) is 3.13. The summed E-state index contributed by atoms with van der Waals surface area (Å²) in [6.07, 6.45) is 3.11. The molecule has 0 aliphatic carbocycles. The van der Waals surface area contributed by atoms with E-state index in [1.807, 2.05) is 6.92 Å². The normalized spacial score (nSPS) is 10.2. The average molecular weight is 269 g/mol. The van der Waals surface area contributed by atoms with Gasteiger partial charge in [0.25, 0.3) is 0 Å². The number of nitrogens with zero attached hydrogens (tertiary/aromatic N) is 2. The van der Waals surface area contributed by atoms with Gasteiger partial charge in [0, 0.05) is 12.4 Å². The SMILES string of the molecule is Cc1ncc(COC(=O)c2ccc(Cl)cn2)s1. The maximum atomic E-state index is 11.6. The van der Waals surface area contributed by atoms with Crippen molar-refractivity contribution in [3.05, 3.63) is 45.1 Å². The molecule has 0 amide bonds. The van der Waals surface area contributed by atoms with Crippen LogP contribution >= 0.6 is 22.9 Å². The van der Waals surface area contributed by atoms with Gasteiger partial charge in [-0.15, -0.1) is 11.3 Å². The molecule has 6 heteroatoms. The second kappa shape index (κ2) is 5.25. The molecule has 4 nitrogen and oxygen atoms in total. The number of aryl methyl sites for hydroxylation is 1. The van der Waals surface area contributed by atoms with Gasteiger partial charge in [-0.2, -0.15) is 0 Å². The van der Waals surface area contributed by atoms with Crippen molar-refractivity contribution in [3.8, 4) is 0 Å². The smallest absolute Gasteiger partial charge is 0.357 e. The van der Waals surface area contributed by atoms with Gasteiger partial charge in [-0.25, -0.2) is 14.8 Å². The van der Waals surface area contributed by atoms with E-state index in [4.69, 9.17) is 16.3 Å². The molecule has 0 aliphatic heterocycles. The summed E-state index contributed by atoms with van der Waals surface area (Å²) in [5.74, 6) is -0.465. The minimum Gasteiger partial charge on any atom is -0.455 e. The Labute approximate surface area is 107 Å². The van der Waals surface area contributed by atoms with Crippen LogP contribution in [0.3, 0.4) is 0 Å². The van der Waals surface area contributed by atoms with Crippen molar-refractivity contribution < 1.29 is 9.53 Å². The second-order valence-corrected chi connectivity index (χ2v) is 5.04. The third-order valence-electron chi connectivity index (χ3n) is 1.95. The van der Waals surface area contributed by atoms with Gasteiger partial charge < -0.3 is 4.74 Å². The van der Waals surface area contributed by atoms with Crippen LogP contribution in [0.25, 0.3) is 0 Å². The monoisotopic (exact) mass is 268 g/mol. The van der Waals surface area contributed by atoms with Crippen molar-refractivity contribution >= 4 is 28.9 Å². The van der Waals surface area contributed by atoms with Crippen LogP contribution in [0.5, 0.6) is 0 Å². The van der Waals surface area contributed by atoms with Gasteiger partial charge in [0.05, 0.1) is 14.9 Å². The summed E-state index contributed by atoms with van der Waals surface area (Å²) >= 11 is 7.17.